The summed E-state index contributed by atoms with van der Waals surface area (Å²) < 4.78 is 0. The first-order valence-electron chi connectivity index (χ1n) is 8.44. The molecule has 0 spiro atoms. The number of carbonyl (C=O) groups is 2. The van der Waals surface area contributed by atoms with Gasteiger partial charge in [0.1, 0.15) is 0 Å². The van der Waals surface area contributed by atoms with Gasteiger partial charge < -0.3 is 15.5 Å². The molecule has 2 amide bonds. The molecule has 1 aromatic carbocycles. The van der Waals surface area contributed by atoms with Gasteiger partial charge in [0.2, 0.25) is 11.8 Å². The van der Waals surface area contributed by atoms with Crippen molar-refractivity contribution in [1.82, 2.24) is 15.5 Å². The smallest absolute Gasteiger partial charge is 0.250 e. The topological polar surface area (TPSA) is 61.4 Å². The number of amides is 2. The maximum Gasteiger partial charge on any atom is 0.250 e. The molecule has 0 aliphatic carbocycles. The number of rotatable bonds is 7. The van der Waals surface area contributed by atoms with Crippen molar-refractivity contribution in [1.29, 1.82) is 0 Å². The molecular formula is C19H25N3O2S. The van der Waals surface area contributed by atoms with Crippen LogP contribution in [0.3, 0.4) is 0 Å². The van der Waals surface area contributed by atoms with Gasteiger partial charge in [0.25, 0.3) is 0 Å². The van der Waals surface area contributed by atoms with E-state index in [4.69, 9.17) is 0 Å². The molecular weight excluding hydrogens is 334 g/mol. The monoisotopic (exact) mass is 359 g/mol. The summed E-state index contributed by atoms with van der Waals surface area (Å²) >= 11 is 1.59. The predicted molar refractivity (Wildman–Crippen MR) is 103 cm³/mol. The number of thioether (sulfide) groups is 1. The number of hydrogen-bond acceptors (Lipinski definition) is 4. The second-order valence-electron chi connectivity index (χ2n) is 5.73. The third kappa shape index (κ3) is 5.13. The van der Waals surface area contributed by atoms with Crippen LogP contribution in [0.2, 0.25) is 0 Å². The van der Waals surface area contributed by atoms with E-state index in [1.54, 1.807) is 29.1 Å². The molecule has 0 bridgehead atoms. The third-order valence-electron chi connectivity index (χ3n) is 3.71. The molecule has 0 unspecified atom stereocenters. The molecule has 0 radical (unpaired) electrons. The van der Waals surface area contributed by atoms with E-state index in [2.05, 4.69) is 10.6 Å². The molecule has 134 valence electrons. The highest BCUT2D eigenvalue weighted by Crippen LogP contribution is 2.33. The molecule has 1 heterocycles. The Balaban J connectivity index is 2.26. The molecule has 1 aromatic rings. The molecule has 0 fully saturated rings. The molecule has 0 saturated carbocycles. The minimum Gasteiger partial charge on any atom is -0.356 e. The van der Waals surface area contributed by atoms with E-state index in [-0.39, 0.29) is 17.1 Å². The zero-order chi connectivity index (χ0) is 18.2. The van der Waals surface area contributed by atoms with Crippen molar-refractivity contribution in [3.05, 3.63) is 59.4 Å². The Morgan fingerprint density at radius 3 is 2.00 bits per heavy atom. The molecule has 2 rings (SSSR count). The Bertz CT molecular complexity index is 635. The maximum atomic E-state index is 12.5. The van der Waals surface area contributed by atoms with Gasteiger partial charge in [-0.05, 0) is 19.4 Å². The summed E-state index contributed by atoms with van der Waals surface area (Å²) in [6.07, 6.45) is 3.60. The normalized spacial score (nSPS) is 14.6. The van der Waals surface area contributed by atoms with Crippen molar-refractivity contribution in [3.63, 3.8) is 0 Å². The standard InChI is InChI=1S/C19H25N3O2S/c1-4-20-18(23)15-11-22(3)12-16(19(24)21-5-2)17(15)25-13-14-9-7-6-8-10-14/h6-12,17H,4-5,13H2,1-3H3,(H,20,23)(H,21,24). The average molecular weight is 359 g/mol. The van der Waals surface area contributed by atoms with E-state index in [1.807, 2.05) is 51.2 Å². The molecule has 0 aromatic heterocycles. The molecule has 0 saturated heterocycles. The van der Waals surface area contributed by atoms with E-state index >= 15 is 0 Å². The number of nitrogens with zero attached hydrogens (tertiary/aromatic N) is 1. The summed E-state index contributed by atoms with van der Waals surface area (Å²) in [7, 11) is 1.83. The van der Waals surface area contributed by atoms with Gasteiger partial charge in [-0.1, -0.05) is 30.3 Å². The Hall–Kier alpha value is -2.21. The van der Waals surface area contributed by atoms with Crippen LogP contribution in [-0.4, -0.2) is 42.1 Å². The number of benzene rings is 1. The Kier molecular flexibility index (Phi) is 7.13. The van der Waals surface area contributed by atoms with Gasteiger partial charge >= 0.3 is 0 Å². The van der Waals surface area contributed by atoms with Gasteiger partial charge in [-0.2, -0.15) is 0 Å². The van der Waals surface area contributed by atoms with E-state index in [0.717, 1.165) is 11.3 Å². The fraction of sp³-hybridized carbons (Fsp3) is 0.368. The van der Waals surface area contributed by atoms with Crippen molar-refractivity contribution in [3.8, 4) is 0 Å². The molecule has 6 heteroatoms. The second kappa shape index (κ2) is 9.32. The molecule has 25 heavy (non-hydrogen) atoms. The van der Waals surface area contributed by atoms with Crippen molar-refractivity contribution in [2.45, 2.75) is 24.9 Å². The van der Waals surface area contributed by atoms with Crippen LogP contribution in [0.1, 0.15) is 19.4 Å². The van der Waals surface area contributed by atoms with Crippen LogP contribution < -0.4 is 10.6 Å². The number of nitrogens with one attached hydrogen (secondary N) is 2. The lowest BCUT2D eigenvalue weighted by molar-refractivity contribution is -0.117. The first kappa shape index (κ1) is 19.1. The lowest BCUT2D eigenvalue weighted by atomic mass is 10.0. The average Bonchev–Trinajstić information content (AvgIpc) is 2.61. The summed E-state index contributed by atoms with van der Waals surface area (Å²) in [5, 5.41) is 5.40. The summed E-state index contributed by atoms with van der Waals surface area (Å²) in [5.74, 6) is 0.465. The van der Waals surface area contributed by atoms with Gasteiger partial charge in [-0.3, -0.25) is 9.59 Å². The van der Waals surface area contributed by atoms with Gasteiger partial charge in [0.05, 0.1) is 16.4 Å². The predicted octanol–water partition coefficient (Wildman–Crippen LogP) is 2.27. The highest BCUT2D eigenvalue weighted by Gasteiger charge is 2.32. The highest BCUT2D eigenvalue weighted by atomic mass is 32.2. The van der Waals surface area contributed by atoms with Gasteiger partial charge in [-0.25, -0.2) is 0 Å². The fourth-order valence-electron chi connectivity index (χ4n) is 2.59. The van der Waals surface area contributed by atoms with Crippen LogP contribution in [0.4, 0.5) is 0 Å². The van der Waals surface area contributed by atoms with E-state index in [0.29, 0.717) is 24.2 Å². The lowest BCUT2D eigenvalue weighted by Crippen LogP contribution is -2.38. The van der Waals surface area contributed by atoms with Gasteiger partial charge in [-0.15, -0.1) is 11.8 Å². The lowest BCUT2D eigenvalue weighted by Gasteiger charge is -2.28. The maximum absolute atomic E-state index is 12.5. The zero-order valence-corrected chi connectivity index (χ0v) is 15.7. The van der Waals surface area contributed by atoms with E-state index in [1.165, 1.54) is 0 Å². The molecule has 1 aliphatic rings. The van der Waals surface area contributed by atoms with Crippen molar-refractivity contribution < 1.29 is 9.59 Å². The quantitative estimate of drug-likeness (QED) is 0.784. The van der Waals surface area contributed by atoms with Crippen molar-refractivity contribution >= 4 is 23.6 Å². The first-order chi connectivity index (χ1) is 12.1. The number of hydrogen-bond donors (Lipinski definition) is 2. The van der Waals surface area contributed by atoms with Gasteiger partial charge in [0.15, 0.2) is 0 Å². The summed E-state index contributed by atoms with van der Waals surface area (Å²) in [4.78, 5) is 26.8. The summed E-state index contributed by atoms with van der Waals surface area (Å²) in [6.45, 7) is 4.88. The van der Waals surface area contributed by atoms with Crippen LogP contribution in [0.25, 0.3) is 0 Å². The minimum atomic E-state index is -0.297. The van der Waals surface area contributed by atoms with E-state index < -0.39 is 0 Å². The summed E-state index contributed by atoms with van der Waals surface area (Å²) in [5.41, 5.74) is 2.37. The molecule has 1 aliphatic heterocycles. The van der Waals surface area contributed by atoms with Crippen LogP contribution >= 0.6 is 11.8 Å². The Labute approximate surface area is 153 Å². The van der Waals surface area contributed by atoms with Gasteiger partial charge in [0, 0.05) is 38.3 Å². The first-order valence-corrected chi connectivity index (χ1v) is 9.49. The van der Waals surface area contributed by atoms with Crippen LogP contribution in [0.15, 0.2) is 53.9 Å². The van der Waals surface area contributed by atoms with Crippen LogP contribution in [-0.2, 0) is 15.3 Å². The number of carbonyl (C=O) groups excluding carboxylic acids is 2. The fourth-order valence-corrected chi connectivity index (χ4v) is 3.84. The second-order valence-corrected chi connectivity index (χ2v) is 6.82. The summed E-state index contributed by atoms with van der Waals surface area (Å²) in [6, 6.07) is 10.1. The molecule has 5 nitrogen and oxygen atoms in total. The van der Waals surface area contributed by atoms with Crippen LogP contribution in [0, 0.1) is 0 Å². The van der Waals surface area contributed by atoms with Crippen LogP contribution in [0.5, 0.6) is 0 Å². The van der Waals surface area contributed by atoms with E-state index in [9.17, 15) is 9.59 Å². The SMILES string of the molecule is CCNC(=O)C1=CN(C)C=C(C(=O)NCC)C1SCc1ccccc1. The number of likely N-dealkylation sites (N-methyl/N-ethyl adjacent to an activating group) is 2. The third-order valence-corrected chi connectivity index (χ3v) is 5.05. The largest absolute Gasteiger partial charge is 0.356 e. The van der Waals surface area contributed by atoms with Crippen molar-refractivity contribution in [2.75, 3.05) is 20.1 Å². The van der Waals surface area contributed by atoms with Crippen molar-refractivity contribution in [2.24, 2.45) is 0 Å². The Morgan fingerprint density at radius 1 is 1.00 bits per heavy atom. The highest BCUT2D eigenvalue weighted by molar-refractivity contribution is 7.99. The Morgan fingerprint density at radius 2 is 1.52 bits per heavy atom. The molecule has 0 atom stereocenters. The zero-order valence-electron chi connectivity index (χ0n) is 14.9. The minimum absolute atomic E-state index is 0.130. The molecule has 2 N–H and O–H groups in total.